The summed E-state index contributed by atoms with van der Waals surface area (Å²) in [4.78, 5) is 14.2. The topological polar surface area (TPSA) is 41.5 Å². The summed E-state index contributed by atoms with van der Waals surface area (Å²) >= 11 is 0. The summed E-state index contributed by atoms with van der Waals surface area (Å²) in [6.07, 6.45) is 6.11. The van der Waals surface area contributed by atoms with Crippen molar-refractivity contribution in [1.82, 2.24) is 9.97 Å². The standard InChI is InChI=1S/C16H26N4O/c1-3-13-11-15(20-10-6-7-14(12-20)21-2)18-16(17-13)19-8-4-5-9-19/h11,14H,3-10,12H2,1-2H3. The molecule has 2 aliphatic rings. The van der Waals surface area contributed by atoms with E-state index in [9.17, 15) is 0 Å². The Morgan fingerprint density at radius 1 is 1.14 bits per heavy atom. The van der Waals surface area contributed by atoms with E-state index in [0.717, 1.165) is 56.5 Å². The van der Waals surface area contributed by atoms with Gasteiger partial charge in [-0.05, 0) is 32.1 Å². The number of hydrogen-bond donors (Lipinski definition) is 0. The first-order chi connectivity index (χ1) is 10.3. The van der Waals surface area contributed by atoms with Crippen molar-refractivity contribution in [3.05, 3.63) is 11.8 Å². The van der Waals surface area contributed by atoms with Crippen LogP contribution in [0.4, 0.5) is 11.8 Å². The fourth-order valence-corrected chi connectivity index (χ4v) is 3.21. The van der Waals surface area contributed by atoms with Gasteiger partial charge in [-0.1, -0.05) is 6.92 Å². The van der Waals surface area contributed by atoms with Crippen LogP contribution in [0.1, 0.15) is 38.3 Å². The van der Waals surface area contributed by atoms with Crippen molar-refractivity contribution in [1.29, 1.82) is 0 Å². The van der Waals surface area contributed by atoms with Gasteiger partial charge in [-0.2, -0.15) is 4.98 Å². The van der Waals surface area contributed by atoms with E-state index >= 15 is 0 Å². The number of aromatic nitrogens is 2. The van der Waals surface area contributed by atoms with E-state index in [1.54, 1.807) is 7.11 Å². The highest BCUT2D eigenvalue weighted by molar-refractivity contribution is 5.47. The molecule has 1 unspecified atom stereocenters. The molecule has 3 heterocycles. The number of piperidine rings is 1. The van der Waals surface area contributed by atoms with Gasteiger partial charge in [0, 0.05) is 45.0 Å². The fraction of sp³-hybridized carbons (Fsp3) is 0.750. The van der Waals surface area contributed by atoms with Crippen LogP contribution in [0, 0.1) is 0 Å². The molecule has 21 heavy (non-hydrogen) atoms. The van der Waals surface area contributed by atoms with E-state index in [1.165, 1.54) is 19.3 Å². The minimum Gasteiger partial charge on any atom is -0.380 e. The van der Waals surface area contributed by atoms with Crippen LogP contribution in [-0.2, 0) is 11.2 Å². The first-order valence-corrected chi connectivity index (χ1v) is 8.21. The van der Waals surface area contributed by atoms with Gasteiger partial charge in [0.1, 0.15) is 5.82 Å². The Hall–Kier alpha value is -1.36. The maximum absolute atomic E-state index is 5.53. The molecule has 1 atom stereocenters. The molecule has 2 aliphatic heterocycles. The molecule has 0 bridgehead atoms. The SMILES string of the molecule is CCc1cc(N2CCCC(OC)C2)nc(N2CCCC2)n1. The van der Waals surface area contributed by atoms with Gasteiger partial charge in [0.05, 0.1) is 6.10 Å². The number of hydrogen-bond acceptors (Lipinski definition) is 5. The lowest BCUT2D eigenvalue weighted by Crippen LogP contribution is -2.40. The predicted molar refractivity (Wildman–Crippen MR) is 85.1 cm³/mol. The molecule has 0 aliphatic carbocycles. The molecule has 5 nitrogen and oxygen atoms in total. The highest BCUT2D eigenvalue weighted by Gasteiger charge is 2.23. The second-order valence-electron chi connectivity index (χ2n) is 6.01. The van der Waals surface area contributed by atoms with Gasteiger partial charge in [-0.15, -0.1) is 0 Å². The average Bonchev–Trinajstić information content (AvgIpc) is 3.09. The lowest BCUT2D eigenvalue weighted by atomic mass is 10.1. The van der Waals surface area contributed by atoms with Gasteiger partial charge in [-0.25, -0.2) is 4.98 Å². The summed E-state index contributed by atoms with van der Waals surface area (Å²) in [5.74, 6) is 1.99. The van der Waals surface area contributed by atoms with Crippen molar-refractivity contribution in [2.24, 2.45) is 0 Å². The van der Waals surface area contributed by atoms with E-state index in [2.05, 4.69) is 22.8 Å². The molecule has 0 spiro atoms. The van der Waals surface area contributed by atoms with Crippen LogP contribution in [0.2, 0.25) is 0 Å². The Kier molecular flexibility index (Phi) is 4.58. The Morgan fingerprint density at radius 2 is 1.90 bits per heavy atom. The largest absolute Gasteiger partial charge is 0.380 e. The van der Waals surface area contributed by atoms with Gasteiger partial charge in [-0.3, -0.25) is 0 Å². The molecule has 2 fully saturated rings. The molecular weight excluding hydrogens is 264 g/mol. The number of methoxy groups -OCH3 is 1. The predicted octanol–water partition coefficient (Wildman–Crippen LogP) is 2.25. The number of rotatable bonds is 4. The van der Waals surface area contributed by atoms with E-state index < -0.39 is 0 Å². The zero-order valence-electron chi connectivity index (χ0n) is 13.2. The normalized spacial score (nSPS) is 22.9. The maximum Gasteiger partial charge on any atom is 0.227 e. The molecule has 0 radical (unpaired) electrons. The van der Waals surface area contributed by atoms with Crippen molar-refractivity contribution in [3.63, 3.8) is 0 Å². The number of ether oxygens (including phenoxy) is 1. The highest BCUT2D eigenvalue weighted by Crippen LogP contribution is 2.24. The van der Waals surface area contributed by atoms with Crippen molar-refractivity contribution in [3.8, 4) is 0 Å². The van der Waals surface area contributed by atoms with Crippen LogP contribution in [0.3, 0.4) is 0 Å². The highest BCUT2D eigenvalue weighted by atomic mass is 16.5. The third-order valence-corrected chi connectivity index (χ3v) is 4.54. The van der Waals surface area contributed by atoms with Gasteiger partial charge >= 0.3 is 0 Å². The van der Waals surface area contributed by atoms with Gasteiger partial charge in [0.2, 0.25) is 5.95 Å². The van der Waals surface area contributed by atoms with E-state index in [0.29, 0.717) is 6.10 Å². The second-order valence-corrected chi connectivity index (χ2v) is 6.01. The quantitative estimate of drug-likeness (QED) is 0.851. The molecule has 3 rings (SSSR count). The molecule has 116 valence electrons. The number of aryl methyl sites for hydroxylation is 1. The second kappa shape index (κ2) is 6.60. The fourth-order valence-electron chi connectivity index (χ4n) is 3.21. The molecule has 0 amide bonds. The molecule has 0 saturated carbocycles. The molecule has 0 aromatic carbocycles. The third-order valence-electron chi connectivity index (χ3n) is 4.54. The maximum atomic E-state index is 5.53. The minimum atomic E-state index is 0.328. The molecular formula is C16H26N4O. The summed E-state index contributed by atoms with van der Waals surface area (Å²) in [6.45, 7) is 6.35. The Bertz CT molecular complexity index is 473. The number of nitrogens with zero attached hydrogens (tertiary/aromatic N) is 4. The first kappa shape index (κ1) is 14.6. The van der Waals surface area contributed by atoms with Crippen molar-refractivity contribution < 1.29 is 4.74 Å². The molecule has 2 saturated heterocycles. The molecule has 1 aromatic heterocycles. The van der Waals surface area contributed by atoms with Gasteiger partial charge in [0.15, 0.2) is 0 Å². The van der Waals surface area contributed by atoms with Crippen LogP contribution in [0.15, 0.2) is 6.07 Å². The van der Waals surface area contributed by atoms with Crippen molar-refractivity contribution in [2.75, 3.05) is 43.1 Å². The van der Waals surface area contributed by atoms with Crippen LogP contribution in [-0.4, -0.2) is 49.4 Å². The van der Waals surface area contributed by atoms with E-state index in [-0.39, 0.29) is 0 Å². The summed E-state index contributed by atoms with van der Waals surface area (Å²) < 4.78 is 5.53. The van der Waals surface area contributed by atoms with Crippen molar-refractivity contribution >= 4 is 11.8 Å². The summed E-state index contributed by atoms with van der Waals surface area (Å²) in [5.41, 5.74) is 1.14. The van der Waals surface area contributed by atoms with E-state index in [4.69, 9.17) is 14.7 Å². The Morgan fingerprint density at radius 3 is 2.62 bits per heavy atom. The van der Waals surface area contributed by atoms with Gasteiger partial charge < -0.3 is 14.5 Å². The number of anilines is 2. The Labute approximate surface area is 127 Å². The Balaban J connectivity index is 1.84. The summed E-state index contributed by atoms with van der Waals surface area (Å²) in [6, 6.07) is 2.15. The third kappa shape index (κ3) is 3.28. The molecule has 0 N–H and O–H groups in total. The zero-order valence-corrected chi connectivity index (χ0v) is 13.2. The van der Waals surface area contributed by atoms with Crippen LogP contribution in [0.5, 0.6) is 0 Å². The van der Waals surface area contributed by atoms with Crippen LogP contribution >= 0.6 is 0 Å². The monoisotopic (exact) mass is 290 g/mol. The van der Waals surface area contributed by atoms with Crippen molar-refractivity contribution in [2.45, 2.75) is 45.1 Å². The van der Waals surface area contributed by atoms with E-state index in [1.807, 2.05) is 0 Å². The lowest BCUT2D eigenvalue weighted by molar-refractivity contribution is 0.0891. The first-order valence-electron chi connectivity index (χ1n) is 8.21. The van der Waals surface area contributed by atoms with Gasteiger partial charge in [0.25, 0.3) is 0 Å². The lowest BCUT2D eigenvalue weighted by Gasteiger charge is -2.33. The van der Waals surface area contributed by atoms with Crippen LogP contribution < -0.4 is 9.80 Å². The molecule has 5 heteroatoms. The molecule has 1 aromatic rings. The summed E-state index contributed by atoms with van der Waals surface area (Å²) in [5, 5.41) is 0. The average molecular weight is 290 g/mol. The zero-order chi connectivity index (χ0) is 14.7. The van der Waals surface area contributed by atoms with Crippen LogP contribution in [0.25, 0.3) is 0 Å². The minimum absolute atomic E-state index is 0.328. The summed E-state index contributed by atoms with van der Waals surface area (Å²) in [7, 11) is 1.81. The smallest absolute Gasteiger partial charge is 0.227 e.